The number of rotatable bonds is 5. The zero-order valence-corrected chi connectivity index (χ0v) is 11.5. The van der Waals surface area contributed by atoms with Crippen LogP contribution in [0.25, 0.3) is 0 Å². The van der Waals surface area contributed by atoms with Crippen molar-refractivity contribution in [1.29, 1.82) is 0 Å². The fourth-order valence-electron chi connectivity index (χ4n) is 1.93. The molecular formula is C12H9N3O8. The molecule has 1 aliphatic rings. The van der Waals surface area contributed by atoms with E-state index >= 15 is 0 Å². The summed E-state index contributed by atoms with van der Waals surface area (Å²) in [5, 5.41) is 21.9. The highest BCUT2D eigenvalue weighted by Crippen LogP contribution is 2.25. The second-order valence-electron chi connectivity index (χ2n) is 4.55. The van der Waals surface area contributed by atoms with Crippen LogP contribution in [0.2, 0.25) is 0 Å². The van der Waals surface area contributed by atoms with Gasteiger partial charge in [0.25, 0.3) is 23.2 Å². The van der Waals surface area contributed by atoms with Gasteiger partial charge in [0.15, 0.2) is 0 Å². The van der Waals surface area contributed by atoms with E-state index in [0.29, 0.717) is 5.06 Å². The molecule has 1 aromatic rings. The number of nitrogens with zero attached hydrogens (tertiary/aromatic N) is 3. The molecule has 1 heterocycles. The van der Waals surface area contributed by atoms with Gasteiger partial charge in [0, 0.05) is 24.5 Å². The molecule has 0 bridgehead atoms. The number of non-ortho nitro benzene ring substituents is 1. The Labute approximate surface area is 127 Å². The highest BCUT2D eigenvalue weighted by Gasteiger charge is 2.33. The van der Waals surface area contributed by atoms with Gasteiger partial charge < -0.3 is 4.84 Å². The van der Waals surface area contributed by atoms with Crippen LogP contribution in [-0.2, 0) is 25.6 Å². The summed E-state index contributed by atoms with van der Waals surface area (Å²) in [4.78, 5) is 58.8. The molecule has 0 unspecified atom stereocenters. The molecule has 0 spiro atoms. The van der Waals surface area contributed by atoms with Crippen LogP contribution in [0.4, 0.5) is 11.4 Å². The maximum atomic E-state index is 11.7. The molecule has 0 N–H and O–H groups in total. The lowest BCUT2D eigenvalue weighted by molar-refractivity contribution is -0.394. The zero-order chi connectivity index (χ0) is 17.1. The Balaban J connectivity index is 2.17. The average Bonchev–Trinajstić information content (AvgIpc) is 2.79. The van der Waals surface area contributed by atoms with Crippen molar-refractivity contribution in [2.45, 2.75) is 19.3 Å². The molecule has 1 aliphatic heterocycles. The summed E-state index contributed by atoms with van der Waals surface area (Å²) in [5.74, 6) is -2.42. The minimum Gasteiger partial charge on any atom is -0.330 e. The van der Waals surface area contributed by atoms with E-state index < -0.39 is 45.4 Å². The smallest absolute Gasteiger partial charge is 0.330 e. The van der Waals surface area contributed by atoms with Crippen LogP contribution in [0.3, 0.4) is 0 Å². The fraction of sp³-hybridized carbons (Fsp3) is 0.250. The minimum absolute atomic E-state index is 0.0796. The van der Waals surface area contributed by atoms with Gasteiger partial charge in [-0.3, -0.25) is 29.8 Å². The largest absolute Gasteiger partial charge is 0.337 e. The molecule has 0 saturated carbocycles. The van der Waals surface area contributed by atoms with Crippen molar-refractivity contribution in [3.63, 3.8) is 0 Å². The van der Waals surface area contributed by atoms with Crippen molar-refractivity contribution in [3.8, 4) is 0 Å². The monoisotopic (exact) mass is 323 g/mol. The number of carbonyl (C=O) groups excluding carboxylic acids is 3. The van der Waals surface area contributed by atoms with Crippen molar-refractivity contribution in [2.75, 3.05) is 0 Å². The standard InChI is InChI=1S/C12H9N3O8/c16-10-3-4-11(17)13(10)23-12(18)5-7-1-2-8(14(19)20)6-9(7)15(21)22/h1-2,6H,3-5H2. The van der Waals surface area contributed by atoms with Crippen LogP contribution in [0.15, 0.2) is 18.2 Å². The van der Waals surface area contributed by atoms with Gasteiger partial charge >= 0.3 is 5.97 Å². The first kappa shape index (κ1) is 16.0. The Bertz CT molecular complexity index is 713. The molecule has 0 aromatic heterocycles. The molecule has 23 heavy (non-hydrogen) atoms. The summed E-state index contributed by atoms with van der Waals surface area (Å²) in [5.41, 5.74) is -1.27. The van der Waals surface area contributed by atoms with Gasteiger partial charge in [-0.2, -0.15) is 0 Å². The van der Waals surface area contributed by atoms with Gasteiger partial charge in [0.05, 0.1) is 22.3 Å². The summed E-state index contributed by atoms with van der Waals surface area (Å²) in [6.45, 7) is 0. The molecule has 1 fully saturated rings. The minimum atomic E-state index is -1.06. The third-order valence-electron chi connectivity index (χ3n) is 3.01. The second kappa shape index (κ2) is 6.17. The Morgan fingerprint density at radius 3 is 2.26 bits per heavy atom. The fourth-order valence-corrected chi connectivity index (χ4v) is 1.93. The van der Waals surface area contributed by atoms with Crippen molar-refractivity contribution in [2.24, 2.45) is 0 Å². The van der Waals surface area contributed by atoms with E-state index in [1.165, 1.54) is 0 Å². The first-order valence-electron chi connectivity index (χ1n) is 6.28. The van der Waals surface area contributed by atoms with Gasteiger partial charge in [-0.05, 0) is 6.07 Å². The molecule has 2 amide bonds. The van der Waals surface area contributed by atoms with Crippen LogP contribution in [0.1, 0.15) is 18.4 Å². The maximum absolute atomic E-state index is 11.7. The van der Waals surface area contributed by atoms with E-state index in [1.54, 1.807) is 0 Å². The topological polar surface area (TPSA) is 150 Å². The lowest BCUT2D eigenvalue weighted by Crippen LogP contribution is -2.32. The highest BCUT2D eigenvalue weighted by atomic mass is 16.7. The number of nitro benzene ring substituents is 2. The van der Waals surface area contributed by atoms with E-state index in [0.717, 1.165) is 18.2 Å². The van der Waals surface area contributed by atoms with Crippen LogP contribution >= 0.6 is 0 Å². The molecular weight excluding hydrogens is 314 g/mol. The number of hydrogen-bond acceptors (Lipinski definition) is 8. The SMILES string of the molecule is O=C(Cc1ccc([N+](=O)[O-])cc1[N+](=O)[O-])ON1C(=O)CCC1=O. The molecule has 1 saturated heterocycles. The Kier molecular flexibility index (Phi) is 4.30. The quantitative estimate of drug-likeness (QED) is 0.435. The van der Waals surface area contributed by atoms with Gasteiger partial charge in [0.1, 0.15) is 0 Å². The second-order valence-corrected chi connectivity index (χ2v) is 4.55. The molecule has 11 nitrogen and oxygen atoms in total. The molecule has 120 valence electrons. The van der Waals surface area contributed by atoms with E-state index in [9.17, 15) is 34.6 Å². The number of nitro groups is 2. The summed E-state index contributed by atoms with van der Waals surface area (Å²) < 4.78 is 0. The summed E-state index contributed by atoms with van der Waals surface area (Å²) in [6, 6.07) is 2.77. The lowest BCUT2D eigenvalue weighted by atomic mass is 10.1. The third-order valence-corrected chi connectivity index (χ3v) is 3.01. The van der Waals surface area contributed by atoms with Gasteiger partial charge in [-0.15, -0.1) is 5.06 Å². The molecule has 0 radical (unpaired) electrons. The van der Waals surface area contributed by atoms with Crippen molar-refractivity contribution in [3.05, 3.63) is 44.0 Å². The molecule has 1 aromatic carbocycles. The summed E-state index contributed by atoms with van der Waals surface area (Å²) in [6.07, 6.45) is -0.779. The number of carbonyl (C=O) groups is 3. The number of amides is 2. The number of benzene rings is 1. The van der Waals surface area contributed by atoms with Gasteiger partial charge in [0.2, 0.25) is 0 Å². The van der Waals surface area contributed by atoms with Crippen molar-refractivity contribution < 1.29 is 29.1 Å². The van der Waals surface area contributed by atoms with E-state index in [1.807, 2.05) is 0 Å². The Morgan fingerprint density at radius 1 is 1.13 bits per heavy atom. The predicted molar refractivity (Wildman–Crippen MR) is 70.6 cm³/mol. The first-order valence-corrected chi connectivity index (χ1v) is 6.28. The molecule has 2 rings (SSSR count). The lowest BCUT2D eigenvalue weighted by Gasteiger charge is -2.12. The molecule has 11 heteroatoms. The van der Waals surface area contributed by atoms with E-state index in [-0.39, 0.29) is 18.4 Å². The van der Waals surface area contributed by atoms with Crippen LogP contribution in [0, 0.1) is 20.2 Å². The van der Waals surface area contributed by atoms with E-state index in [2.05, 4.69) is 4.84 Å². The van der Waals surface area contributed by atoms with Gasteiger partial charge in [-0.1, -0.05) is 0 Å². The normalized spacial score (nSPS) is 14.0. The third kappa shape index (κ3) is 3.45. The first-order chi connectivity index (χ1) is 10.8. The summed E-state index contributed by atoms with van der Waals surface area (Å²) in [7, 11) is 0. The van der Waals surface area contributed by atoms with Gasteiger partial charge in [-0.25, -0.2) is 4.79 Å². The molecule has 0 atom stereocenters. The van der Waals surface area contributed by atoms with Crippen molar-refractivity contribution >= 4 is 29.2 Å². The van der Waals surface area contributed by atoms with Crippen molar-refractivity contribution in [1.82, 2.24) is 5.06 Å². The van der Waals surface area contributed by atoms with Crippen LogP contribution in [0.5, 0.6) is 0 Å². The van der Waals surface area contributed by atoms with E-state index in [4.69, 9.17) is 0 Å². The highest BCUT2D eigenvalue weighted by molar-refractivity contribution is 6.01. The van der Waals surface area contributed by atoms with Crippen LogP contribution < -0.4 is 0 Å². The average molecular weight is 323 g/mol. The number of hydrogen-bond donors (Lipinski definition) is 0. The summed E-state index contributed by atoms with van der Waals surface area (Å²) >= 11 is 0. The number of hydroxylamine groups is 2. The molecule has 0 aliphatic carbocycles. The maximum Gasteiger partial charge on any atom is 0.337 e. The van der Waals surface area contributed by atoms with Crippen LogP contribution in [-0.4, -0.2) is 32.7 Å². The Hall–Kier alpha value is -3.37. The predicted octanol–water partition coefficient (Wildman–Crippen LogP) is 0.653. The zero-order valence-electron chi connectivity index (χ0n) is 11.5. The Morgan fingerprint density at radius 2 is 1.74 bits per heavy atom. The number of imide groups is 1.